The largest absolute Gasteiger partial charge is 0.480 e. The molecule has 1 aromatic heterocycles. The highest BCUT2D eigenvalue weighted by Gasteiger charge is 2.36. The van der Waals surface area contributed by atoms with E-state index in [4.69, 9.17) is 4.74 Å². The molecule has 1 aliphatic heterocycles. The fourth-order valence-electron chi connectivity index (χ4n) is 1.93. The first-order chi connectivity index (χ1) is 8.15. The molecular weight excluding hydrogens is 218 g/mol. The van der Waals surface area contributed by atoms with E-state index in [2.05, 4.69) is 15.6 Å². The summed E-state index contributed by atoms with van der Waals surface area (Å²) in [7, 11) is 1.54. The number of aromatic nitrogens is 1. The van der Waals surface area contributed by atoms with Crippen LogP contribution in [0.2, 0.25) is 0 Å². The molecule has 17 heavy (non-hydrogen) atoms. The number of rotatable bonds is 3. The Labute approximate surface area is 101 Å². The first-order valence-corrected chi connectivity index (χ1v) is 5.67. The number of nitrogens with zero attached hydrogens (tertiary/aromatic N) is 1. The minimum absolute atomic E-state index is 0.00815. The summed E-state index contributed by atoms with van der Waals surface area (Å²) in [5, 5.41) is 6.08. The molecule has 1 saturated heterocycles. The molecule has 0 spiro atoms. The molecule has 0 bridgehead atoms. The van der Waals surface area contributed by atoms with Gasteiger partial charge in [0, 0.05) is 12.7 Å². The van der Waals surface area contributed by atoms with Crippen molar-refractivity contribution >= 4 is 11.6 Å². The van der Waals surface area contributed by atoms with E-state index in [0.29, 0.717) is 18.1 Å². The van der Waals surface area contributed by atoms with Crippen molar-refractivity contribution in [1.82, 2.24) is 10.3 Å². The molecule has 5 heteroatoms. The van der Waals surface area contributed by atoms with Gasteiger partial charge in [-0.2, -0.15) is 0 Å². The van der Waals surface area contributed by atoms with Crippen LogP contribution in [0, 0.1) is 5.41 Å². The number of nitrogens with one attached hydrogen (secondary N) is 2. The van der Waals surface area contributed by atoms with E-state index in [0.717, 1.165) is 13.0 Å². The van der Waals surface area contributed by atoms with E-state index in [-0.39, 0.29) is 11.3 Å². The minimum atomic E-state index is -0.346. The molecule has 92 valence electrons. The molecule has 1 fully saturated rings. The molecule has 2 rings (SSSR count). The number of hydrogen-bond donors (Lipinski definition) is 2. The molecule has 2 heterocycles. The monoisotopic (exact) mass is 235 g/mol. The molecule has 0 saturated carbocycles. The summed E-state index contributed by atoms with van der Waals surface area (Å²) in [6.07, 6.45) is 2.48. The number of carbonyl (C=O) groups is 1. The van der Waals surface area contributed by atoms with Crippen molar-refractivity contribution < 1.29 is 9.53 Å². The summed E-state index contributed by atoms with van der Waals surface area (Å²) in [5.41, 5.74) is 0.272. The third-order valence-electron chi connectivity index (χ3n) is 3.13. The Bertz CT molecular complexity index is 414. The zero-order valence-electron chi connectivity index (χ0n) is 10.1. The van der Waals surface area contributed by atoms with Crippen molar-refractivity contribution in [2.24, 2.45) is 5.41 Å². The van der Waals surface area contributed by atoms with Gasteiger partial charge >= 0.3 is 0 Å². The molecule has 0 aliphatic carbocycles. The predicted molar refractivity (Wildman–Crippen MR) is 65.0 cm³/mol. The van der Waals surface area contributed by atoms with Gasteiger partial charge in [-0.3, -0.25) is 4.79 Å². The molecule has 2 N–H and O–H groups in total. The molecule has 1 aliphatic rings. The average Bonchev–Trinajstić information content (AvgIpc) is 2.78. The maximum Gasteiger partial charge on any atom is 0.237 e. The topological polar surface area (TPSA) is 63.2 Å². The second-order valence-electron chi connectivity index (χ2n) is 4.50. The lowest BCUT2D eigenvalue weighted by atomic mass is 9.89. The zero-order chi connectivity index (χ0) is 12.3. The molecule has 1 unspecified atom stereocenters. The fourth-order valence-corrected chi connectivity index (χ4v) is 1.93. The van der Waals surface area contributed by atoms with Crippen molar-refractivity contribution in [2.45, 2.75) is 13.3 Å². The number of methoxy groups -OCH3 is 1. The van der Waals surface area contributed by atoms with Crippen molar-refractivity contribution in [2.75, 3.05) is 25.5 Å². The normalized spacial score (nSPS) is 23.4. The highest BCUT2D eigenvalue weighted by Crippen LogP contribution is 2.28. The van der Waals surface area contributed by atoms with E-state index in [1.807, 2.05) is 6.92 Å². The lowest BCUT2D eigenvalue weighted by molar-refractivity contribution is -0.123. The SMILES string of the molecule is COc1ncccc1NC(=O)C1(C)CCNC1. The van der Waals surface area contributed by atoms with Crippen LogP contribution in [0.3, 0.4) is 0 Å². The van der Waals surface area contributed by atoms with Gasteiger partial charge in [-0.25, -0.2) is 4.98 Å². The summed E-state index contributed by atoms with van der Waals surface area (Å²) in [6, 6.07) is 3.56. The summed E-state index contributed by atoms with van der Waals surface area (Å²) >= 11 is 0. The van der Waals surface area contributed by atoms with Crippen LogP contribution in [-0.2, 0) is 4.79 Å². The van der Waals surface area contributed by atoms with E-state index in [1.165, 1.54) is 7.11 Å². The third kappa shape index (κ3) is 2.39. The Kier molecular flexibility index (Phi) is 3.28. The van der Waals surface area contributed by atoms with E-state index >= 15 is 0 Å². The number of anilines is 1. The van der Waals surface area contributed by atoms with Gasteiger partial charge in [0.15, 0.2) is 0 Å². The summed E-state index contributed by atoms with van der Waals surface area (Å²) < 4.78 is 5.10. The van der Waals surface area contributed by atoms with Gasteiger partial charge in [0.25, 0.3) is 0 Å². The molecule has 1 atom stereocenters. The summed E-state index contributed by atoms with van der Waals surface area (Å²) in [4.78, 5) is 16.2. The van der Waals surface area contributed by atoms with Crippen LogP contribution in [0.4, 0.5) is 5.69 Å². The molecule has 1 aromatic rings. The van der Waals surface area contributed by atoms with Gasteiger partial charge in [0.2, 0.25) is 11.8 Å². The summed E-state index contributed by atoms with van der Waals surface area (Å²) in [5.74, 6) is 0.448. The quantitative estimate of drug-likeness (QED) is 0.821. The van der Waals surface area contributed by atoms with Gasteiger partial charge in [0.05, 0.1) is 12.5 Å². The maximum absolute atomic E-state index is 12.2. The molecule has 0 radical (unpaired) electrons. The molecular formula is C12H17N3O2. The van der Waals surface area contributed by atoms with Crippen molar-refractivity contribution in [1.29, 1.82) is 0 Å². The lowest BCUT2D eigenvalue weighted by Gasteiger charge is -2.21. The number of hydrogen-bond acceptors (Lipinski definition) is 4. The van der Waals surface area contributed by atoms with E-state index in [9.17, 15) is 4.79 Å². The maximum atomic E-state index is 12.2. The Balaban J connectivity index is 2.12. The first-order valence-electron chi connectivity index (χ1n) is 5.67. The average molecular weight is 235 g/mol. The van der Waals surface area contributed by atoms with Gasteiger partial charge < -0.3 is 15.4 Å². The number of pyridine rings is 1. The predicted octanol–water partition coefficient (Wildman–Crippen LogP) is 1.03. The van der Waals surface area contributed by atoms with Crippen LogP contribution in [0.25, 0.3) is 0 Å². The Morgan fingerprint density at radius 1 is 1.65 bits per heavy atom. The number of amides is 1. The van der Waals surface area contributed by atoms with Gasteiger partial charge in [-0.15, -0.1) is 0 Å². The fraction of sp³-hybridized carbons (Fsp3) is 0.500. The highest BCUT2D eigenvalue weighted by molar-refractivity contribution is 5.96. The molecule has 0 aromatic carbocycles. The van der Waals surface area contributed by atoms with Crippen LogP contribution in [0.5, 0.6) is 5.88 Å². The molecule has 5 nitrogen and oxygen atoms in total. The third-order valence-corrected chi connectivity index (χ3v) is 3.13. The van der Waals surface area contributed by atoms with Crippen molar-refractivity contribution in [3.8, 4) is 5.88 Å². The van der Waals surface area contributed by atoms with Crippen LogP contribution in [0.1, 0.15) is 13.3 Å². The summed E-state index contributed by atoms with van der Waals surface area (Å²) in [6.45, 7) is 3.56. The number of carbonyl (C=O) groups excluding carboxylic acids is 1. The highest BCUT2D eigenvalue weighted by atomic mass is 16.5. The second-order valence-corrected chi connectivity index (χ2v) is 4.50. The van der Waals surface area contributed by atoms with Crippen molar-refractivity contribution in [3.05, 3.63) is 18.3 Å². The lowest BCUT2D eigenvalue weighted by Crippen LogP contribution is -2.35. The Morgan fingerprint density at radius 3 is 3.12 bits per heavy atom. The number of ether oxygens (including phenoxy) is 1. The Hall–Kier alpha value is -1.62. The van der Waals surface area contributed by atoms with E-state index < -0.39 is 0 Å². The van der Waals surface area contributed by atoms with Gasteiger partial charge in [-0.1, -0.05) is 0 Å². The van der Waals surface area contributed by atoms with Crippen LogP contribution < -0.4 is 15.4 Å². The zero-order valence-corrected chi connectivity index (χ0v) is 10.1. The first kappa shape index (κ1) is 11.9. The smallest absolute Gasteiger partial charge is 0.237 e. The standard InChI is InChI=1S/C12H17N3O2/c1-12(5-7-13-8-12)11(16)15-9-4-3-6-14-10(9)17-2/h3-4,6,13H,5,7-8H2,1-2H3,(H,15,16). The van der Waals surface area contributed by atoms with Gasteiger partial charge in [0.1, 0.15) is 5.69 Å². The van der Waals surface area contributed by atoms with Crippen molar-refractivity contribution in [3.63, 3.8) is 0 Å². The Morgan fingerprint density at radius 2 is 2.47 bits per heavy atom. The van der Waals surface area contributed by atoms with E-state index in [1.54, 1.807) is 18.3 Å². The second kappa shape index (κ2) is 4.71. The van der Waals surface area contributed by atoms with Crippen LogP contribution in [-0.4, -0.2) is 31.1 Å². The minimum Gasteiger partial charge on any atom is -0.480 e. The van der Waals surface area contributed by atoms with Crippen LogP contribution >= 0.6 is 0 Å². The van der Waals surface area contributed by atoms with Gasteiger partial charge in [-0.05, 0) is 32.0 Å². The van der Waals surface area contributed by atoms with Crippen LogP contribution in [0.15, 0.2) is 18.3 Å². The molecule has 1 amide bonds.